The van der Waals surface area contributed by atoms with E-state index in [-0.39, 0.29) is 0 Å². The van der Waals surface area contributed by atoms with Crippen molar-refractivity contribution in [2.45, 2.75) is 5.41 Å². The van der Waals surface area contributed by atoms with E-state index in [0.717, 1.165) is 55.6 Å². The molecule has 0 saturated carbocycles. The molecule has 0 bridgehead atoms. The summed E-state index contributed by atoms with van der Waals surface area (Å²) >= 11 is 0. The maximum Gasteiger partial charge on any atom is 0.195 e. The molecule has 0 atom stereocenters. The summed E-state index contributed by atoms with van der Waals surface area (Å²) in [5, 5.41) is 0. The molecule has 0 fully saturated rings. The van der Waals surface area contributed by atoms with Crippen molar-refractivity contribution in [1.82, 2.24) is 15.0 Å². The predicted molar refractivity (Wildman–Crippen MR) is 231 cm³/mol. The molecule has 1 aliphatic rings. The SMILES string of the molecule is [C-]#[N+]c1cccc2c1-c1cc(-c3ccc(-c4nc(-c5ccccc5)nc(-c5ccc(-c6ccccc6)cc5)n4)cc3)ccc1C2(c1ccccc1)c1ccccc1. The maximum atomic E-state index is 8.21. The first-order valence-electron chi connectivity index (χ1n) is 19.1. The van der Waals surface area contributed by atoms with Crippen molar-refractivity contribution in [3.8, 4) is 67.5 Å². The van der Waals surface area contributed by atoms with Gasteiger partial charge in [0.25, 0.3) is 0 Å². The van der Waals surface area contributed by atoms with Gasteiger partial charge in [-0.1, -0.05) is 200 Å². The van der Waals surface area contributed by atoms with Crippen molar-refractivity contribution < 1.29 is 0 Å². The lowest BCUT2D eigenvalue weighted by Gasteiger charge is -2.34. The van der Waals surface area contributed by atoms with Gasteiger partial charge in [0.15, 0.2) is 23.2 Å². The van der Waals surface area contributed by atoms with E-state index in [4.69, 9.17) is 21.5 Å². The Kier molecular flexibility index (Phi) is 8.39. The van der Waals surface area contributed by atoms with Crippen LogP contribution in [0.25, 0.3) is 72.4 Å². The summed E-state index contributed by atoms with van der Waals surface area (Å²) in [6.45, 7) is 8.21. The standard InChI is InChI=1S/C53H34N4/c1-54-48-24-14-23-47-49(48)45-35-42(33-34-46(45)53(47,43-19-10-4-11-20-43)44-21-12-5-13-22-44)38-27-31-41(32-28-38)52-56-50(39-17-8-3-9-18-39)55-51(57-52)40-29-25-37(26-30-40)36-15-6-2-7-16-36/h2-35H. The minimum Gasteiger partial charge on any atom is -0.238 e. The van der Waals surface area contributed by atoms with Crippen molar-refractivity contribution in [3.63, 3.8) is 0 Å². The molecule has 1 aromatic heterocycles. The minimum atomic E-state index is -0.564. The highest BCUT2D eigenvalue weighted by Crippen LogP contribution is 2.59. The first-order valence-corrected chi connectivity index (χ1v) is 19.1. The van der Waals surface area contributed by atoms with Crippen LogP contribution in [0.3, 0.4) is 0 Å². The minimum absolute atomic E-state index is 0.564. The highest BCUT2D eigenvalue weighted by Gasteiger charge is 2.46. The average molecular weight is 727 g/mol. The molecule has 0 amide bonds. The van der Waals surface area contributed by atoms with Crippen LogP contribution < -0.4 is 0 Å². The smallest absolute Gasteiger partial charge is 0.195 e. The molecule has 0 saturated heterocycles. The normalized spacial score (nSPS) is 12.3. The molecule has 4 heteroatoms. The van der Waals surface area contributed by atoms with E-state index in [1.165, 1.54) is 16.7 Å². The topological polar surface area (TPSA) is 43.0 Å². The summed E-state index contributed by atoms with van der Waals surface area (Å²) in [5.41, 5.74) is 14.0. The van der Waals surface area contributed by atoms with Crippen LogP contribution in [0.2, 0.25) is 0 Å². The quantitative estimate of drug-likeness (QED) is 0.154. The summed E-state index contributed by atoms with van der Waals surface area (Å²) in [6, 6.07) is 71.5. The molecule has 0 radical (unpaired) electrons. The fraction of sp³-hybridized carbons (Fsp3) is 0.0189. The lowest BCUT2D eigenvalue weighted by atomic mass is 9.67. The second-order valence-electron chi connectivity index (χ2n) is 14.2. The molecular formula is C53H34N4. The molecule has 1 heterocycles. The van der Waals surface area contributed by atoms with Crippen LogP contribution >= 0.6 is 0 Å². The highest BCUT2D eigenvalue weighted by atomic mass is 15.0. The van der Waals surface area contributed by atoms with Gasteiger partial charge in [0.2, 0.25) is 0 Å². The summed E-state index contributed by atoms with van der Waals surface area (Å²) in [7, 11) is 0. The van der Waals surface area contributed by atoms with E-state index in [9.17, 15) is 0 Å². The van der Waals surface area contributed by atoms with Gasteiger partial charge in [0, 0.05) is 16.7 Å². The summed E-state index contributed by atoms with van der Waals surface area (Å²) in [5.74, 6) is 1.86. The third-order valence-corrected chi connectivity index (χ3v) is 11.1. The van der Waals surface area contributed by atoms with Crippen molar-refractivity contribution in [2.75, 3.05) is 0 Å². The lowest BCUT2D eigenvalue weighted by Crippen LogP contribution is -2.28. The van der Waals surface area contributed by atoms with Crippen molar-refractivity contribution in [3.05, 3.63) is 240 Å². The van der Waals surface area contributed by atoms with E-state index in [1.54, 1.807) is 0 Å². The van der Waals surface area contributed by atoms with Gasteiger partial charge >= 0.3 is 0 Å². The summed E-state index contributed by atoms with van der Waals surface area (Å²) < 4.78 is 0. The Morgan fingerprint density at radius 3 is 1.26 bits per heavy atom. The molecule has 0 spiro atoms. The number of nitrogens with zero attached hydrogens (tertiary/aromatic N) is 4. The van der Waals surface area contributed by atoms with Crippen molar-refractivity contribution in [1.29, 1.82) is 0 Å². The number of fused-ring (bicyclic) bond motifs is 3. The molecular weight excluding hydrogens is 693 g/mol. The molecule has 1 aliphatic carbocycles. The largest absolute Gasteiger partial charge is 0.238 e. The van der Waals surface area contributed by atoms with Crippen LogP contribution in [0, 0.1) is 6.57 Å². The number of hydrogen-bond acceptors (Lipinski definition) is 3. The Balaban J connectivity index is 1.07. The fourth-order valence-electron chi connectivity index (χ4n) is 8.40. The van der Waals surface area contributed by atoms with Crippen LogP contribution in [0.15, 0.2) is 206 Å². The Morgan fingerprint density at radius 2 is 0.754 bits per heavy atom. The van der Waals surface area contributed by atoms with Crippen LogP contribution in [-0.2, 0) is 5.41 Å². The van der Waals surface area contributed by atoms with Gasteiger partial charge in [0.05, 0.1) is 12.0 Å². The van der Waals surface area contributed by atoms with E-state index >= 15 is 0 Å². The second-order valence-corrected chi connectivity index (χ2v) is 14.2. The van der Waals surface area contributed by atoms with Gasteiger partial charge in [-0.05, 0) is 61.7 Å². The van der Waals surface area contributed by atoms with E-state index in [1.807, 2.05) is 48.5 Å². The molecule has 0 aliphatic heterocycles. The molecule has 0 unspecified atom stereocenters. The Hall–Kier alpha value is -7.74. The van der Waals surface area contributed by atoms with Crippen LogP contribution in [0.1, 0.15) is 22.3 Å². The molecule has 0 N–H and O–H groups in total. The Morgan fingerprint density at radius 1 is 0.351 bits per heavy atom. The number of hydrogen-bond donors (Lipinski definition) is 0. The van der Waals surface area contributed by atoms with Gasteiger partial charge in [-0.15, -0.1) is 0 Å². The predicted octanol–water partition coefficient (Wildman–Crippen LogP) is 13.1. The first kappa shape index (κ1) is 33.8. The lowest BCUT2D eigenvalue weighted by molar-refractivity contribution is 0.769. The number of benzene rings is 8. The monoisotopic (exact) mass is 726 g/mol. The van der Waals surface area contributed by atoms with E-state index < -0.39 is 5.41 Å². The summed E-state index contributed by atoms with van der Waals surface area (Å²) in [4.78, 5) is 19.0. The number of aromatic nitrogens is 3. The van der Waals surface area contributed by atoms with Crippen LogP contribution in [0.5, 0.6) is 0 Å². The zero-order chi connectivity index (χ0) is 38.2. The van der Waals surface area contributed by atoms with Gasteiger partial charge in [-0.2, -0.15) is 0 Å². The molecule has 9 aromatic rings. The molecule has 4 nitrogen and oxygen atoms in total. The maximum absolute atomic E-state index is 8.21. The molecule has 8 aromatic carbocycles. The third kappa shape index (κ3) is 5.82. The fourth-order valence-corrected chi connectivity index (χ4v) is 8.40. The van der Waals surface area contributed by atoms with Gasteiger partial charge in [0.1, 0.15) is 0 Å². The van der Waals surface area contributed by atoms with Crippen molar-refractivity contribution >= 4 is 5.69 Å². The van der Waals surface area contributed by atoms with Gasteiger partial charge < -0.3 is 0 Å². The van der Waals surface area contributed by atoms with Crippen molar-refractivity contribution in [2.24, 2.45) is 0 Å². The highest BCUT2D eigenvalue weighted by molar-refractivity contribution is 5.95. The number of rotatable bonds is 7. The average Bonchev–Trinajstić information content (AvgIpc) is 3.61. The zero-order valence-electron chi connectivity index (χ0n) is 30.9. The van der Waals surface area contributed by atoms with E-state index in [2.05, 4.69) is 163 Å². The third-order valence-electron chi connectivity index (χ3n) is 11.1. The van der Waals surface area contributed by atoms with Gasteiger partial charge in [-0.3, -0.25) is 0 Å². The zero-order valence-corrected chi connectivity index (χ0v) is 30.9. The van der Waals surface area contributed by atoms with Crippen LogP contribution in [0.4, 0.5) is 5.69 Å². The Bertz CT molecular complexity index is 2880. The van der Waals surface area contributed by atoms with Crippen LogP contribution in [-0.4, -0.2) is 15.0 Å². The Labute approximate surface area is 332 Å². The first-order chi connectivity index (χ1) is 28.2. The van der Waals surface area contributed by atoms with E-state index in [0.29, 0.717) is 23.2 Å². The summed E-state index contributed by atoms with van der Waals surface area (Å²) in [6.07, 6.45) is 0. The molecule has 57 heavy (non-hydrogen) atoms. The molecule has 266 valence electrons. The molecule has 10 rings (SSSR count). The second kappa shape index (κ2) is 14.2. The van der Waals surface area contributed by atoms with Gasteiger partial charge in [-0.25, -0.2) is 19.8 Å².